The molecule has 1 N–H and O–H groups in total. The van der Waals surface area contributed by atoms with Crippen LogP contribution < -0.4 is 4.72 Å². The molecule has 0 aliphatic carbocycles. The Bertz CT molecular complexity index is 839. The van der Waals surface area contributed by atoms with E-state index < -0.39 is 16.0 Å². The first-order chi connectivity index (χ1) is 10.8. The first kappa shape index (κ1) is 17.0. The Morgan fingerprint density at radius 3 is 2.61 bits per heavy atom. The van der Waals surface area contributed by atoms with Crippen molar-refractivity contribution in [3.05, 3.63) is 30.5 Å². The lowest BCUT2D eigenvalue weighted by molar-refractivity contribution is -0.142. The molecule has 7 nitrogen and oxygen atoms in total. The van der Waals surface area contributed by atoms with Crippen LogP contribution in [-0.4, -0.2) is 38.1 Å². The number of hydrogen-bond donors (Lipinski definition) is 1. The number of nitrogens with zero attached hydrogens (tertiary/aromatic N) is 1. The number of sulfonamides is 1. The number of carbonyl (C=O) groups is 2. The van der Waals surface area contributed by atoms with Crippen LogP contribution in [0.1, 0.15) is 12.8 Å². The van der Waals surface area contributed by atoms with Crippen LogP contribution in [0.5, 0.6) is 0 Å². The summed E-state index contributed by atoms with van der Waals surface area (Å²) in [7, 11) is -2.08. The molecule has 2 rings (SSSR count). The van der Waals surface area contributed by atoms with Crippen LogP contribution in [0.25, 0.3) is 10.9 Å². The molecule has 124 valence electrons. The van der Waals surface area contributed by atoms with Crippen LogP contribution in [0.4, 0.5) is 5.69 Å². The molecule has 0 atom stereocenters. The molecule has 1 aromatic heterocycles. The number of hydrogen-bond acceptors (Lipinski definition) is 5. The highest BCUT2D eigenvalue weighted by atomic mass is 32.2. The summed E-state index contributed by atoms with van der Waals surface area (Å²) in [5.74, 6) is -0.523. The molecule has 0 saturated heterocycles. The van der Waals surface area contributed by atoms with E-state index in [1.807, 2.05) is 6.07 Å². The highest BCUT2D eigenvalue weighted by Gasteiger charge is 2.10. The van der Waals surface area contributed by atoms with Crippen molar-refractivity contribution in [2.24, 2.45) is 0 Å². The lowest BCUT2D eigenvalue weighted by atomic mass is 10.2. The van der Waals surface area contributed by atoms with Crippen LogP contribution in [0, 0.1) is 0 Å². The Morgan fingerprint density at radius 1 is 1.22 bits per heavy atom. The van der Waals surface area contributed by atoms with E-state index in [0.29, 0.717) is 5.69 Å². The van der Waals surface area contributed by atoms with E-state index in [1.165, 1.54) is 7.11 Å². The summed E-state index contributed by atoms with van der Waals surface area (Å²) in [5, 5.41) is 0.893. The number of nitrogens with one attached hydrogen (secondary N) is 1. The molecule has 2 aromatic rings. The molecular weight excluding hydrogens is 320 g/mol. The molecule has 8 heteroatoms. The summed E-state index contributed by atoms with van der Waals surface area (Å²) in [4.78, 5) is 23.0. The second-order valence-electron chi connectivity index (χ2n) is 5.21. The van der Waals surface area contributed by atoms with Crippen molar-refractivity contribution < 1.29 is 22.7 Å². The zero-order valence-electron chi connectivity index (χ0n) is 12.9. The van der Waals surface area contributed by atoms with E-state index in [1.54, 1.807) is 29.0 Å². The molecule has 1 heterocycles. The van der Waals surface area contributed by atoms with Gasteiger partial charge in [-0.3, -0.25) is 14.3 Å². The summed E-state index contributed by atoms with van der Waals surface area (Å²) < 4.78 is 31.2. The minimum atomic E-state index is -3.36. The molecular formula is C15H18N2O5S. The second kappa shape index (κ2) is 6.82. The lowest BCUT2D eigenvalue weighted by Crippen LogP contribution is -2.12. The smallest absolute Gasteiger partial charge is 0.305 e. The van der Waals surface area contributed by atoms with E-state index in [9.17, 15) is 18.0 Å². The zero-order valence-corrected chi connectivity index (χ0v) is 13.7. The van der Waals surface area contributed by atoms with Gasteiger partial charge in [0, 0.05) is 12.6 Å². The summed E-state index contributed by atoms with van der Waals surface area (Å²) in [6.45, 7) is 0.114. The Kier molecular flexibility index (Phi) is 5.05. The number of carbonyl (C=O) groups excluding carboxylic acids is 2. The lowest BCUT2D eigenvalue weighted by Gasteiger charge is -2.07. The van der Waals surface area contributed by atoms with Crippen molar-refractivity contribution in [2.75, 3.05) is 18.1 Å². The number of methoxy groups -OCH3 is 1. The van der Waals surface area contributed by atoms with Gasteiger partial charge in [0.05, 0.1) is 37.5 Å². The van der Waals surface area contributed by atoms with E-state index >= 15 is 0 Å². The fourth-order valence-electron chi connectivity index (χ4n) is 2.21. The molecule has 0 bridgehead atoms. The Balaban J connectivity index is 2.16. The average molecular weight is 338 g/mol. The van der Waals surface area contributed by atoms with E-state index in [-0.39, 0.29) is 25.2 Å². The maximum absolute atomic E-state index is 11.9. The number of Topliss-reactive ketones (excluding diaryl/α,β-unsaturated/α-hetero) is 1. The number of ether oxygens (including phenoxy) is 1. The van der Waals surface area contributed by atoms with Crippen LogP contribution in [0.2, 0.25) is 0 Å². The van der Waals surface area contributed by atoms with Crippen molar-refractivity contribution in [1.29, 1.82) is 0 Å². The van der Waals surface area contributed by atoms with Gasteiger partial charge in [0.2, 0.25) is 10.0 Å². The molecule has 23 heavy (non-hydrogen) atoms. The average Bonchev–Trinajstić information content (AvgIpc) is 2.85. The molecule has 0 aliphatic heterocycles. The number of anilines is 1. The van der Waals surface area contributed by atoms with Gasteiger partial charge in [0.15, 0.2) is 5.78 Å². The Morgan fingerprint density at radius 2 is 1.96 bits per heavy atom. The van der Waals surface area contributed by atoms with Gasteiger partial charge in [-0.15, -0.1) is 0 Å². The van der Waals surface area contributed by atoms with Gasteiger partial charge in [-0.25, -0.2) is 8.42 Å². The van der Waals surface area contributed by atoms with E-state index in [2.05, 4.69) is 9.46 Å². The third-order valence-electron chi connectivity index (χ3n) is 3.26. The SMILES string of the molecule is COC(=O)CCC(=O)Cn1ccc2ccc(NS(C)(=O)=O)cc21. The minimum absolute atomic E-state index is 0.0510. The van der Waals surface area contributed by atoms with Crippen molar-refractivity contribution in [3.8, 4) is 0 Å². The normalized spacial score (nSPS) is 11.4. The van der Waals surface area contributed by atoms with Crippen LogP contribution in [0.3, 0.4) is 0 Å². The van der Waals surface area contributed by atoms with Crippen molar-refractivity contribution >= 4 is 38.4 Å². The molecule has 0 spiro atoms. The maximum Gasteiger partial charge on any atom is 0.305 e. The maximum atomic E-state index is 11.9. The second-order valence-corrected chi connectivity index (χ2v) is 6.95. The monoisotopic (exact) mass is 338 g/mol. The quantitative estimate of drug-likeness (QED) is 0.773. The van der Waals surface area contributed by atoms with Crippen molar-refractivity contribution in [1.82, 2.24) is 4.57 Å². The number of aromatic nitrogens is 1. The molecule has 1 aromatic carbocycles. The van der Waals surface area contributed by atoms with Gasteiger partial charge in [-0.05, 0) is 23.6 Å². The van der Waals surface area contributed by atoms with Gasteiger partial charge < -0.3 is 9.30 Å². The largest absolute Gasteiger partial charge is 0.469 e. The molecule has 0 fully saturated rings. The van der Waals surface area contributed by atoms with Crippen LogP contribution >= 0.6 is 0 Å². The van der Waals surface area contributed by atoms with Crippen LogP contribution in [0.15, 0.2) is 30.5 Å². The number of ketones is 1. The molecule has 0 amide bonds. The van der Waals surface area contributed by atoms with Gasteiger partial charge in [0.25, 0.3) is 0 Å². The van der Waals surface area contributed by atoms with Crippen LogP contribution in [-0.2, 0) is 30.9 Å². The standard InChI is InChI=1S/C15H18N2O5S/c1-22-15(19)6-5-13(18)10-17-8-7-11-3-4-12(9-14(11)17)16-23(2,20)21/h3-4,7-9,16H,5-6,10H2,1-2H3. The summed E-state index contributed by atoms with van der Waals surface area (Å²) in [5.41, 5.74) is 1.17. The molecule has 0 saturated carbocycles. The Labute approximate surface area is 134 Å². The summed E-state index contributed by atoms with van der Waals surface area (Å²) in [6.07, 6.45) is 2.99. The predicted octanol–water partition coefficient (Wildman–Crippen LogP) is 1.54. The predicted molar refractivity (Wildman–Crippen MR) is 86.7 cm³/mol. The van der Waals surface area contributed by atoms with Gasteiger partial charge in [0.1, 0.15) is 0 Å². The van der Waals surface area contributed by atoms with E-state index in [0.717, 1.165) is 17.2 Å². The first-order valence-electron chi connectivity index (χ1n) is 6.94. The summed E-state index contributed by atoms with van der Waals surface area (Å²) >= 11 is 0. The van der Waals surface area contributed by atoms with Crippen molar-refractivity contribution in [2.45, 2.75) is 19.4 Å². The number of benzene rings is 1. The van der Waals surface area contributed by atoms with Gasteiger partial charge in [-0.1, -0.05) is 6.07 Å². The third kappa shape index (κ3) is 4.82. The summed E-state index contributed by atoms with van der Waals surface area (Å²) in [6, 6.07) is 6.95. The van der Waals surface area contributed by atoms with Crippen molar-refractivity contribution in [3.63, 3.8) is 0 Å². The van der Waals surface area contributed by atoms with E-state index in [4.69, 9.17) is 0 Å². The highest BCUT2D eigenvalue weighted by molar-refractivity contribution is 7.92. The fourth-order valence-corrected chi connectivity index (χ4v) is 2.77. The molecule has 0 radical (unpaired) electrons. The Hall–Kier alpha value is -2.35. The number of rotatable bonds is 7. The minimum Gasteiger partial charge on any atom is -0.469 e. The fraction of sp³-hybridized carbons (Fsp3) is 0.333. The number of esters is 1. The number of fused-ring (bicyclic) bond motifs is 1. The third-order valence-corrected chi connectivity index (χ3v) is 3.87. The highest BCUT2D eigenvalue weighted by Crippen LogP contribution is 2.21. The van der Waals surface area contributed by atoms with Gasteiger partial charge in [-0.2, -0.15) is 0 Å². The molecule has 0 unspecified atom stereocenters. The van der Waals surface area contributed by atoms with Gasteiger partial charge >= 0.3 is 5.97 Å². The first-order valence-corrected chi connectivity index (χ1v) is 8.83. The molecule has 0 aliphatic rings. The zero-order chi connectivity index (χ0) is 17.0. The topological polar surface area (TPSA) is 94.5 Å².